The molecule has 0 aliphatic heterocycles. The van der Waals surface area contributed by atoms with E-state index >= 15 is 0 Å². The van der Waals surface area contributed by atoms with Gasteiger partial charge < -0.3 is 10.4 Å². The van der Waals surface area contributed by atoms with Gasteiger partial charge in [0, 0.05) is 18.5 Å². The topological polar surface area (TPSA) is 101 Å². The molecule has 0 saturated heterocycles. The fourth-order valence-corrected chi connectivity index (χ4v) is 3.26. The molecule has 122 valence electrons. The van der Waals surface area contributed by atoms with Gasteiger partial charge in [-0.15, -0.1) is 0 Å². The molecule has 1 aromatic rings. The molecular formula is C15H21NO5S. The highest BCUT2D eigenvalue weighted by Gasteiger charge is 2.14. The number of nitrogens with one attached hydrogen (secondary N) is 1. The van der Waals surface area contributed by atoms with Gasteiger partial charge in [0.1, 0.15) is 0 Å². The van der Waals surface area contributed by atoms with Gasteiger partial charge in [-0.05, 0) is 37.1 Å². The van der Waals surface area contributed by atoms with E-state index in [-0.39, 0.29) is 29.5 Å². The van der Waals surface area contributed by atoms with E-state index in [4.69, 9.17) is 5.11 Å². The van der Waals surface area contributed by atoms with Gasteiger partial charge in [-0.3, -0.25) is 9.59 Å². The van der Waals surface area contributed by atoms with Crippen molar-refractivity contribution in [2.45, 2.75) is 37.5 Å². The first kappa shape index (κ1) is 18.2. The van der Waals surface area contributed by atoms with Crippen LogP contribution in [0.5, 0.6) is 0 Å². The summed E-state index contributed by atoms with van der Waals surface area (Å²) in [6.07, 6.45) is 1.75. The highest BCUT2D eigenvalue weighted by Crippen LogP contribution is 2.14. The number of carbonyl (C=O) groups is 2. The number of aliphatic carboxylic acids is 1. The molecule has 0 unspecified atom stereocenters. The summed E-state index contributed by atoms with van der Waals surface area (Å²) in [5.74, 6) is -1.15. The van der Waals surface area contributed by atoms with Gasteiger partial charge in [-0.2, -0.15) is 0 Å². The number of sulfone groups is 1. The zero-order chi connectivity index (χ0) is 16.6. The smallest absolute Gasteiger partial charge is 0.303 e. The molecule has 0 fully saturated rings. The Morgan fingerprint density at radius 3 is 2.32 bits per heavy atom. The lowest BCUT2D eigenvalue weighted by Gasteiger charge is -2.06. The number of benzene rings is 1. The number of carboxylic acids is 1. The van der Waals surface area contributed by atoms with Crippen LogP contribution in [-0.4, -0.2) is 37.7 Å². The fraction of sp³-hybridized carbons (Fsp3) is 0.467. The molecule has 2 N–H and O–H groups in total. The van der Waals surface area contributed by atoms with Gasteiger partial charge in [0.25, 0.3) is 5.91 Å². The Bertz CT molecular complexity index is 607. The molecule has 6 nitrogen and oxygen atoms in total. The van der Waals surface area contributed by atoms with Crippen LogP contribution >= 0.6 is 0 Å². The molecular weight excluding hydrogens is 306 g/mol. The van der Waals surface area contributed by atoms with Crippen LogP contribution in [0.2, 0.25) is 0 Å². The molecule has 1 amide bonds. The monoisotopic (exact) mass is 327 g/mol. The SMILES string of the molecule is CCCCS(=O)(=O)c1ccc(C(=O)NCCCC(=O)O)cc1. The van der Waals surface area contributed by atoms with E-state index in [1.807, 2.05) is 6.92 Å². The van der Waals surface area contributed by atoms with Crippen molar-refractivity contribution < 1.29 is 23.1 Å². The number of rotatable bonds is 9. The molecule has 0 spiro atoms. The second kappa shape index (κ2) is 8.53. The number of unbranched alkanes of at least 4 members (excludes halogenated alkanes) is 1. The van der Waals surface area contributed by atoms with E-state index in [2.05, 4.69) is 5.32 Å². The van der Waals surface area contributed by atoms with Gasteiger partial charge in [0.2, 0.25) is 0 Å². The van der Waals surface area contributed by atoms with Crippen molar-refractivity contribution in [1.29, 1.82) is 0 Å². The zero-order valence-corrected chi connectivity index (χ0v) is 13.4. The van der Waals surface area contributed by atoms with Crippen LogP contribution < -0.4 is 5.32 Å². The Morgan fingerprint density at radius 2 is 1.77 bits per heavy atom. The molecule has 0 bridgehead atoms. The summed E-state index contributed by atoms with van der Waals surface area (Å²) in [5, 5.41) is 11.1. The lowest BCUT2D eigenvalue weighted by molar-refractivity contribution is -0.137. The molecule has 0 aliphatic carbocycles. The Morgan fingerprint density at radius 1 is 1.14 bits per heavy atom. The van der Waals surface area contributed by atoms with E-state index in [9.17, 15) is 18.0 Å². The fourth-order valence-electron chi connectivity index (χ4n) is 1.81. The van der Waals surface area contributed by atoms with Crippen LogP contribution in [0.4, 0.5) is 0 Å². The van der Waals surface area contributed by atoms with Crippen molar-refractivity contribution in [2.75, 3.05) is 12.3 Å². The van der Waals surface area contributed by atoms with Crippen LogP contribution in [0.1, 0.15) is 43.0 Å². The maximum absolute atomic E-state index is 12.0. The average molecular weight is 327 g/mol. The van der Waals surface area contributed by atoms with Crippen molar-refractivity contribution >= 4 is 21.7 Å². The number of hydrogen-bond donors (Lipinski definition) is 2. The van der Waals surface area contributed by atoms with Gasteiger partial charge in [-0.25, -0.2) is 8.42 Å². The van der Waals surface area contributed by atoms with Crippen LogP contribution in [0.3, 0.4) is 0 Å². The average Bonchev–Trinajstić information content (AvgIpc) is 2.49. The number of hydrogen-bond acceptors (Lipinski definition) is 4. The summed E-state index contributed by atoms with van der Waals surface area (Å²) < 4.78 is 24.0. The van der Waals surface area contributed by atoms with E-state index in [1.165, 1.54) is 24.3 Å². The number of carboxylic acid groups (broad SMARTS) is 1. The molecule has 0 saturated carbocycles. The van der Waals surface area contributed by atoms with Crippen molar-refractivity contribution in [3.8, 4) is 0 Å². The summed E-state index contributed by atoms with van der Waals surface area (Å²) in [6, 6.07) is 5.78. The quantitative estimate of drug-likeness (QED) is 0.674. The van der Waals surface area contributed by atoms with Gasteiger partial charge in [0.15, 0.2) is 9.84 Å². The van der Waals surface area contributed by atoms with Gasteiger partial charge >= 0.3 is 5.97 Å². The van der Waals surface area contributed by atoms with E-state index < -0.39 is 15.8 Å². The summed E-state index contributed by atoms with van der Waals surface area (Å²) in [7, 11) is -3.29. The molecule has 1 aromatic carbocycles. The third kappa shape index (κ3) is 5.85. The molecule has 22 heavy (non-hydrogen) atoms. The summed E-state index contributed by atoms with van der Waals surface area (Å²) in [5.41, 5.74) is 0.352. The lowest BCUT2D eigenvalue weighted by Crippen LogP contribution is -2.24. The van der Waals surface area contributed by atoms with Crippen LogP contribution in [0, 0.1) is 0 Å². The molecule has 0 aromatic heterocycles. The Hall–Kier alpha value is -1.89. The van der Waals surface area contributed by atoms with Crippen LogP contribution in [0.25, 0.3) is 0 Å². The van der Waals surface area contributed by atoms with E-state index in [0.717, 1.165) is 6.42 Å². The predicted octanol–water partition coefficient (Wildman–Crippen LogP) is 1.85. The first-order chi connectivity index (χ1) is 10.4. The van der Waals surface area contributed by atoms with Gasteiger partial charge in [0.05, 0.1) is 10.6 Å². The summed E-state index contributed by atoms with van der Waals surface area (Å²) in [6.45, 7) is 2.19. The predicted molar refractivity (Wildman–Crippen MR) is 82.6 cm³/mol. The third-order valence-electron chi connectivity index (χ3n) is 3.10. The second-order valence-corrected chi connectivity index (χ2v) is 7.06. The standard InChI is InChI=1S/C15H21NO5S/c1-2-3-11-22(20,21)13-8-6-12(7-9-13)15(19)16-10-4-5-14(17)18/h6-9H,2-5,10-11H2,1H3,(H,16,19)(H,17,18). The Balaban J connectivity index is 2.60. The summed E-state index contributed by atoms with van der Waals surface area (Å²) >= 11 is 0. The number of amides is 1. The molecule has 7 heteroatoms. The minimum atomic E-state index is -3.29. The maximum atomic E-state index is 12.0. The molecule has 1 rings (SSSR count). The Labute approximate surface area is 130 Å². The molecule has 0 aliphatic rings. The largest absolute Gasteiger partial charge is 0.481 e. The lowest BCUT2D eigenvalue weighted by atomic mass is 10.2. The Kier molecular flexibility index (Phi) is 7.04. The molecule has 0 heterocycles. The first-order valence-corrected chi connectivity index (χ1v) is 8.85. The minimum absolute atomic E-state index is 0.00507. The minimum Gasteiger partial charge on any atom is -0.481 e. The number of carbonyl (C=O) groups excluding carboxylic acids is 1. The van der Waals surface area contributed by atoms with E-state index in [1.54, 1.807) is 0 Å². The van der Waals surface area contributed by atoms with Gasteiger partial charge in [-0.1, -0.05) is 13.3 Å². The third-order valence-corrected chi connectivity index (χ3v) is 4.91. The van der Waals surface area contributed by atoms with Crippen molar-refractivity contribution in [3.63, 3.8) is 0 Å². The highest BCUT2D eigenvalue weighted by atomic mass is 32.2. The summed E-state index contributed by atoms with van der Waals surface area (Å²) in [4.78, 5) is 22.4. The van der Waals surface area contributed by atoms with Crippen molar-refractivity contribution in [3.05, 3.63) is 29.8 Å². The van der Waals surface area contributed by atoms with Crippen LogP contribution in [0.15, 0.2) is 29.2 Å². The van der Waals surface area contributed by atoms with Crippen molar-refractivity contribution in [1.82, 2.24) is 5.32 Å². The first-order valence-electron chi connectivity index (χ1n) is 7.19. The molecule has 0 atom stereocenters. The normalized spacial score (nSPS) is 11.1. The highest BCUT2D eigenvalue weighted by molar-refractivity contribution is 7.91. The zero-order valence-electron chi connectivity index (χ0n) is 12.5. The van der Waals surface area contributed by atoms with Crippen LogP contribution in [-0.2, 0) is 14.6 Å². The van der Waals surface area contributed by atoms with Crippen molar-refractivity contribution in [2.24, 2.45) is 0 Å². The maximum Gasteiger partial charge on any atom is 0.303 e. The van der Waals surface area contributed by atoms with E-state index in [0.29, 0.717) is 18.4 Å². The molecule has 0 radical (unpaired) electrons. The second-order valence-electron chi connectivity index (χ2n) is 4.95.